The van der Waals surface area contributed by atoms with Gasteiger partial charge in [0.2, 0.25) is 11.8 Å². The van der Waals surface area contributed by atoms with Crippen molar-refractivity contribution >= 4 is 11.8 Å². The molecule has 2 amide bonds. The molecule has 0 radical (unpaired) electrons. The van der Waals surface area contributed by atoms with Crippen molar-refractivity contribution in [2.75, 3.05) is 13.2 Å². The highest BCUT2D eigenvalue weighted by molar-refractivity contribution is 5.97. The summed E-state index contributed by atoms with van der Waals surface area (Å²) in [7, 11) is 0. The Hall–Kier alpha value is -1.10. The molecule has 3 unspecified atom stereocenters. The van der Waals surface area contributed by atoms with Crippen molar-refractivity contribution in [2.45, 2.75) is 64.1 Å². The van der Waals surface area contributed by atoms with E-state index >= 15 is 0 Å². The van der Waals surface area contributed by atoms with Gasteiger partial charge in [0, 0.05) is 6.61 Å². The number of hydrogen-bond acceptors (Lipinski definition) is 3. The van der Waals surface area contributed by atoms with Crippen molar-refractivity contribution in [1.82, 2.24) is 10.2 Å². The van der Waals surface area contributed by atoms with Crippen molar-refractivity contribution in [3.63, 3.8) is 0 Å². The fourth-order valence-electron chi connectivity index (χ4n) is 3.16. The number of piperazine rings is 1. The first-order valence-corrected chi connectivity index (χ1v) is 7.24. The molecular weight excluding hydrogens is 244 g/mol. The Kier molecular flexibility index (Phi) is 4.13. The van der Waals surface area contributed by atoms with Gasteiger partial charge >= 0.3 is 0 Å². The van der Waals surface area contributed by atoms with E-state index in [4.69, 9.17) is 4.74 Å². The molecule has 0 aliphatic carbocycles. The fraction of sp³-hybridized carbons (Fsp3) is 0.857. The van der Waals surface area contributed by atoms with Crippen LogP contribution in [0.4, 0.5) is 0 Å². The Morgan fingerprint density at radius 2 is 2.11 bits per heavy atom. The van der Waals surface area contributed by atoms with Crippen molar-refractivity contribution in [2.24, 2.45) is 0 Å². The molecule has 5 nitrogen and oxygen atoms in total. The summed E-state index contributed by atoms with van der Waals surface area (Å²) >= 11 is 0. The third-order valence-electron chi connectivity index (χ3n) is 4.26. The number of nitrogens with zero attached hydrogens (tertiary/aromatic N) is 1. The first-order valence-electron chi connectivity index (χ1n) is 7.24. The van der Waals surface area contributed by atoms with Crippen LogP contribution in [-0.4, -0.2) is 47.6 Å². The molecule has 108 valence electrons. The standard InChI is InChI=1S/C14H24N2O3/c1-4-10-13(18)16(11(5-2)12(17)15-10)14(3)7-6-8-19-9-14/h10-11H,4-9H2,1-3H3,(H,15,17). The molecule has 2 rings (SSSR count). The SMILES string of the molecule is CCC1NC(=O)C(CC)N(C2(C)CCCOC2)C1=O. The fourth-order valence-corrected chi connectivity index (χ4v) is 3.16. The molecular formula is C14H24N2O3. The van der Waals surface area contributed by atoms with Gasteiger partial charge in [0.15, 0.2) is 0 Å². The van der Waals surface area contributed by atoms with Crippen LogP contribution in [-0.2, 0) is 14.3 Å². The van der Waals surface area contributed by atoms with Crippen molar-refractivity contribution in [1.29, 1.82) is 0 Å². The van der Waals surface area contributed by atoms with Gasteiger partial charge in [-0.25, -0.2) is 0 Å². The number of carbonyl (C=O) groups excluding carboxylic acids is 2. The predicted octanol–water partition coefficient (Wildman–Crippen LogP) is 1.07. The second-order valence-electron chi connectivity index (χ2n) is 5.75. The number of ether oxygens (including phenoxy) is 1. The maximum absolute atomic E-state index is 12.6. The smallest absolute Gasteiger partial charge is 0.246 e. The maximum Gasteiger partial charge on any atom is 0.246 e. The molecule has 0 bridgehead atoms. The highest BCUT2D eigenvalue weighted by Crippen LogP contribution is 2.31. The Balaban J connectivity index is 2.30. The minimum atomic E-state index is -0.381. The zero-order chi connectivity index (χ0) is 14.0. The molecule has 2 aliphatic heterocycles. The van der Waals surface area contributed by atoms with Gasteiger partial charge in [-0.05, 0) is 32.6 Å². The van der Waals surface area contributed by atoms with Crippen LogP contribution in [0.1, 0.15) is 46.5 Å². The molecule has 1 N–H and O–H groups in total. The number of nitrogens with one attached hydrogen (secondary N) is 1. The van der Waals surface area contributed by atoms with Crippen LogP contribution in [0.25, 0.3) is 0 Å². The molecule has 2 aliphatic rings. The van der Waals surface area contributed by atoms with Crippen LogP contribution >= 0.6 is 0 Å². The van der Waals surface area contributed by atoms with E-state index in [0.29, 0.717) is 19.4 Å². The Morgan fingerprint density at radius 3 is 2.63 bits per heavy atom. The minimum Gasteiger partial charge on any atom is -0.379 e. The second-order valence-corrected chi connectivity index (χ2v) is 5.75. The largest absolute Gasteiger partial charge is 0.379 e. The van der Waals surface area contributed by atoms with E-state index in [1.54, 1.807) is 4.90 Å². The number of rotatable bonds is 3. The zero-order valence-corrected chi connectivity index (χ0v) is 12.1. The van der Waals surface area contributed by atoms with Gasteiger partial charge in [0.25, 0.3) is 0 Å². The minimum absolute atomic E-state index is 0.0271. The summed E-state index contributed by atoms with van der Waals surface area (Å²) in [5.74, 6) is 0.0164. The van der Waals surface area contributed by atoms with Gasteiger partial charge in [-0.1, -0.05) is 13.8 Å². The summed E-state index contributed by atoms with van der Waals surface area (Å²) in [4.78, 5) is 26.6. The lowest BCUT2D eigenvalue weighted by atomic mass is 9.87. The topological polar surface area (TPSA) is 58.6 Å². The number of carbonyl (C=O) groups is 2. The van der Waals surface area contributed by atoms with Crippen LogP contribution in [0.15, 0.2) is 0 Å². The van der Waals surface area contributed by atoms with E-state index in [-0.39, 0.29) is 29.4 Å². The molecule has 0 saturated carbocycles. The van der Waals surface area contributed by atoms with Crippen molar-refractivity contribution in [3.8, 4) is 0 Å². The van der Waals surface area contributed by atoms with Gasteiger partial charge in [-0.3, -0.25) is 9.59 Å². The van der Waals surface area contributed by atoms with Crippen LogP contribution in [0.5, 0.6) is 0 Å². The average molecular weight is 268 g/mol. The van der Waals surface area contributed by atoms with E-state index in [1.807, 2.05) is 20.8 Å². The molecule has 19 heavy (non-hydrogen) atoms. The van der Waals surface area contributed by atoms with E-state index < -0.39 is 0 Å². The van der Waals surface area contributed by atoms with Crippen LogP contribution in [0, 0.1) is 0 Å². The molecule has 0 spiro atoms. The lowest BCUT2D eigenvalue weighted by Crippen LogP contribution is -2.70. The summed E-state index contributed by atoms with van der Waals surface area (Å²) in [6.07, 6.45) is 3.12. The molecule has 0 aromatic carbocycles. The van der Waals surface area contributed by atoms with Crippen LogP contribution in [0.3, 0.4) is 0 Å². The lowest BCUT2D eigenvalue weighted by Gasteiger charge is -2.50. The Morgan fingerprint density at radius 1 is 1.37 bits per heavy atom. The summed E-state index contributed by atoms with van der Waals surface area (Å²) < 4.78 is 5.56. The van der Waals surface area contributed by atoms with Crippen molar-refractivity contribution < 1.29 is 14.3 Å². The molecule has 3 atom stereocenters. The van der Waals surface area contributed by atoms with Gasteiger partial charge in [-0.15, -0.1) is 0 Å². The van der Waals surface area contributed by atoms with Gasteiger partial charge in [0.1, 0.15) is 12.1 Å². The Labute approximate surface area is 114 Å². The maximum atomic E-state index is 12.6. The van der Waals surface area contributed by atoms with Gasteiger partial charge in [-0.2, -0.15) is 0 Å². The van der Waals surface area contributed by atoms with Crippen LogP contribution < -0.4 is 5.32 Å². The van der Waals surface area contributed by atoms with E-state index in [1.165, 1.54) is 0 Å². The van der Waals surface area contributed by atoms with E-state index in [0.717, 1.165) is 19.4 Å². The van der Waals surface area contributed by atoms with Crippen molar-refractivity contribution in [3.05, 3.63) is 0 Å². The zero-order valence-electron chi connectivity index (χ0n) is 12.1. The summed E-state index contributed by atoms with van der Waals surface area (Å²) in [5, 5.41) is 2.83. The monoisotopic (exact) mass is 268 g/mol. The van der Waals surface area contributed by atoms with Gasteiger partial charge < -0.3 is 15.0 Å². The predicted molar refractivity (Wildman–Crippen MR) is 71.6 cm³/mol. The summed E-state index contributed by atoms with van der Waals surface area (Å²) in [6.45, 7) is 7.19. The third kappa shape index (κ3) is 2.48. The first kappa shape index (κ1) is 14.3. The Bertz CT molecular complexity index is 364. The molecule has 0 aromatic rings. The molecule has 0 aromatic heterocycles. The van der Waals surface area contributed by atoms with E-state index in [9.17, 15) is 9.59 Å². The number of amides is 2. The summed E-state index contributed by atoms with van der Waals surface area (Å²) in [5.41, 5.74) is -0.346. The third-order valence-corrected chi connectivity index (χ3v) is 4.26. The molecule has 2 fully saturated rings. The highest BCUT2D eigenvalue weighted by atomic mass is 16.5. The lowest BCUT2D eigenvalue weighted by molar-refractivity contribution is -0.163. The quantitative estimate of drug-likeness (QED) is 0.833. The molecule has 2 saturated heterocycles. The molecule has 2 heterocycles. The average Bonchev–Trinajstić information content (AvgIpc) is 2.41. The number of hydrogen-bond donors (Lipinski definition) is 1. The molecule has 5 heteroatoms. The highest BCUT2D eigenvalue weighted by Gasteiger charge is 2.48. The second kappa shape index (κ2) is 5.49. The summed E-state index contributed by atoms with van der Waals surface area (Å²) in [6, 6.07) is -0.740. The van der Waals surface area contributed by atoms with Crippen LogP contribution in [0.2, 0.25) is 0 Å². The van der Waals surface area contributed by atoms with E-state index in [2.05, 4.69) is 5.32 Å². The normalized spacial score (nSPS) is 36.3. The van der Waals surface area contributed by atoms with Gasteiger partial charge in [0.05, 0.1) is 12.1 Å². The first-order chi connectivity index (χ1) is 9.03.